The molecular formula is C21H21N5O. The van der Waals surface area contributed by atoms with Gasteiger partial charge < -0.3 is 9.73 Å². The summed E-state index contributed by atoms with van der Waals surface area (Å²) in [7, 11) is 0. The largest absolute Gasteiger partial charge is 0.413 e. The van der Waals surface area contributed by atoms with Crippen molar-refractivity contribution in [3.8, 4) is 23.2 Å². The molecule has 4 rings (SSSR count). The van der Waals surface area contributed by atoms with Gasteiger partial charge in [0, 0.05) is 17.5 Å². The van der Waals surface area contributed by atoms with E-state index in [0.717, 1.165) is 41.7 Å². The average Bonchev–Trinajstić information content (AvgIpc) is 3.19. The number of unbranched alkanes of at least 4 members (excludes halogenated alkanes) is 1. The molecule has 2 aromatic heterocycles. The molecule has 0 spiro atoms. The number of nitrogens with one attached hydrogen (secondary N) is 1. The zero-order chi connectivity index (χ0) is 18.6. The van der Waals surface area contributed by atoms with E-state index in [1.54, 1.807) is 0 Å². The van der Waals surface area contributed by atoms with Crippen LogP contribution in [0.4, 0.5) is 5.82 Å². The van der Waals surface area contributed by atoms with Gasteiger partial charge in [0.1, 0.15) is 5.82 Å². The number of hydrogen-bond acceptors (Lipinski definition) is 6. The Morgan fingerprint density at radius 1 is 0.926 bits per heavy atom. The maximum atomic E-state index is 5.85. The average molecular weight is 359 g/mol. The maximum Gasteiger partial charge on any atom is 0.286 e. The lowest BCUT2D eigenvalue weighted by molar-refractivity contribution is 0.579. The Balaban J connectivity index is 1.72. The lowest BCUT2D eigenvalue weighted by atomic mass is 10.1. The number of rotatable bonds is 6. The molecule has 0 bridgehead atoms. The highest BCUT2D eigenvalue weighted by molar-refractivity contribution is 5.90. The zero-order valence-electron chi connectivity index (χ0n) is 15.4. The van der Waals surface area contributed by atoms with Gasteiger partial charge in [-0.3, -0.25) is 0 Å². The van der Waals surface area contributed by atoms with Gasteiger partial charge in [-0.2, -0.15) is 0 Å². The van der Waals surface area contributed by atoms with Crippen LogP contribution in [0.1, 0.15) is 25.3 Å². The van der Waals surface area contributed by atoms with Crippen molar-refractivity contribution in [2.45, 2.75) is 26.7 Å². The highest BCUT2D eigenvalue weighted by atomic mass is 16.4. The van der Waals surface area contributed by atoms with E-state index in [4.69, 9.17) is 4.42 Å². The van der Waals surface area contributed by atoms with E-state index in [0.29, 0.717) is 17.6 Å². The van der Waals surface area contributed by atoms with Gasteiger partial charge in [-0.15, -0.1) is 10.2 Å². The first-order valence-corrected chi connectivity index (χ1v) is 9.16. The van der Waals surface area contributed by atoms with Gasteiger partial charge in [0.15, 0.2) is 0 Å². The minimum atomic E-state index is 0.315. The highest BCUT2D eigenvalue weighted by Crippen LogP contribution is 2.26. The van der Waals surface area contributed by atoms with Crippen molar-refractivity contribution < 1.29 is 4.42 Å². The molecule has 0 fully saturated rings. The molecule has 0 saturated heterocycles. The van der Waals surface area contributed by atoms with E-state index in [-0.39, 0.29) is 0 Å². The smallest absolute Gasteiger partial charge is 0.286 e. The van der Waals surface area contributed by atoms with Crippen LogP contribution in [-0.4, -0.2) is 26.7 Å². The second-order valence-corrected chi connectivity index (χ2v) is 6.47. The topological polar surface area (TPSA) is 76.7 Å². The lowest BCUT2D eigenvalue weighted by Gasteiger charge is -2.09. The molecule has 0 unspecified atom stereocenters. The molecular weight excluding hydrogens is 338 g/mol. The van der Waals surface area contributed by atoms with E-state index in [9.17, 15) is 0 Å². The Hall–Kier alpha value is -3.28. The minimum absolute atomic E-state index is 0.315. The van der Waals surface area contributed by atoms with Crippen LogP contribution in [-0.2, 0) is 0 Å². The van der Waals surface area contributed by atoms with Crippen molar-refractivity contribution in [1.82, 2.24) is 20.2 Å². The summed E-state index contributed by atoms with van der Waals surface area (Å²) in [4.78, 5) is 9.25. The molecule has 6 nitrogen and oxygen atoms in total. The third-order valence-corrected chi connectivity index (χ3v) is 4.34. The Labute approximate surface area is 157 Å². The Bertz CT molecular complexity index is 1060. The number of nitrogens with zero attached hydrogens (tertiary/aromatic N) is 4. The van der Waals surface area contributed by atoms with Crippen molar-refractivity contribution in [2.75, 3.05) is 11.9 Å². The summed E-state index contributed by atoms with van der Waals surface area (Å²) in [5.74, 6) is 2.00. The molecule has 0 aliphatic heterocycles. The van der Waals surface area contributed by atoms with E-state index < -0.39 is 0 Å². The number of aryl methyl sites for hydroxylation is 1. The third-order valence-electron chi connectivity index (χ3n) is 4.34. The first kappa shape index (κ1) is 17.1. The molecule has 27 heavy (non-hydrogen) atoms. The van der Waals surface area contributed by atoms with E-state index in [1.807, 2.05) is 55.5 Å². The highest BCUT2D eigenvalue weighted by Gasteiger charge is 2.16. The molecule has 4 aromatic rings. The fourth-order valence-corrected chi connectivity index (χ4v) is 2.82. The molecule has 0 atom stereocenters. The van der Waals surface area contributed by atoms with Crippen LogP contribution in [0.15, 0.2) is 52.9 Å². The molecule has 136 valence electrons. The van der Waals surface area contributed by atoms with Gasteiger partial charge in [-0.05, 0) is 37.6 Å². The van der Waals surface area contributed by atoms with Crippen molar-refractivity contribution in [2.24, 2.45) is 0 Å². The summed E-state index contributed by atoms with van der Waals surface area (Å²) in [6.45, 7) is 5.06. The van der Waals surface area contributed by atoms with Gasteiger partial charge >= 0.3 is 0 Å². The van der Waals surface area contributed by atoms with Crippen LogP contribution >= 0.6 is 0 Å². The third kappa shape index (κ3) is 3.65. The molecule has 0 aliphatic carbocycles. The van der Waals surface area contributed by atoms with Crippen molar-refractivity contribution >= 4 is 16.7 Å². The van der Waals surface area contributed by atoms with Crippen LogP contribution in [0.2, 0.25) is 0 Å². The number of benzene rings is 2. The van der Waals surface area contributed by atoms with Crippen LogP contribution in [0.25, 0.3) is 34.1 Å². The van der Waals surface area contributed by atoms with E-state index in [2.05, 4.69) is 32.4 Å². The van der Waals surface area contributed by atoms with Crippen molar-refractivity contribution in [3.63, 3.8) is 0 Å². The van der Waals surface area contributed by atoms with Crippen LogP contribution in [0.3, 0.4) is 0 Å². The molecule has 0 saturated carbocycles. The summed E-state index contributed by atoms with van der Waals surface area (Å²) in [6.07, 6.45) is 2.19. The lowest BCUT2D eigenvalue weighted by Crippen LogP contribution is -2.05. The van der Waals surface area contributed by atoms with Gasteiger partial charge in [-0.1, -0.05) is 43.2 Å². The second-order valence-electron chi connectivity index (χ2n) is 6.47. The maximum absolute atomic E-state index is 5.85. The van der Waals surface area contributed by atoms with Gasteiger partial charge in [0.05, 0.1) is 5.52 Å². The Kier molecular flexibility index (Phi) is 4.78. The van der Waals surface area contributed by atoms with Crippen LogP contribution in [0.5, 0.6) is 0 Å². The second kappa shape index (κ2) is 7.53. The number of anilines is 1. The minimum Gasteiger partial charge on any atom is -0.413 e. The van der Waals surface area contributed by atoms with Crippen LogP contribution in [0, 0.1) is 6.92 Å². The van der Waals surface area contributed by atoms with Crippen molar-refractivity contribution in [1.29, 1.82) is 0 Å². The van der Waals surface area contributed by atoms with Gasteiger partial charge in [0.2, 0.25) is 11.7 Å². The number of para-hydroxylation sites is 1. The molecule has 1 N–H and O–H groups in total. The first-order chi connectivity index (χ1) is 13.2. The summed E-state index contributed by atoms with van der Waals surface area (Å²) < 4.78 is 5.85. The number of fused-ring (bicyclic) bond motifs is 1. The van der Waals surface area contributed by atoms with Gasteiger partial charge in [-0.25, -0.2) is 9.97 Å². The molecule has 0 aliphatic rings. The predicted molar refractivity (Wildman–Crippen MR) is 106 cm³/mol. The Morgan fingerprint density at radius 2 is 1.70 bits per heavy atom. The molecule has 6 heteroatoms. The normalized spacial score (nSPS) is 11.0. The molecule has 0 amide bonds. The van der Waals surface area contributed by atoms with Crippen LogP contribution < -0.4 is 5.32 Å². The standard InChI is InChI=1S/C21H21N5O/c1-3-4-13-22-18-16-7-5-6-8-17(16)23-19(24-18)21-26-25-20(27-21)15-11-9-14(2)10-12-15/h5-12H,3-4,13H2,1-2H3,(H,22,23,24). The summed E-state index contributed by atoms with van der Waals surface area (Å²) in [6, 6.07) is 15.9. The molecule has 0 radical (unpaired) electrons. The monoisotopic (exact) mass is 359 g/mol. The van der Waals surface area contributed by atoms with E-state index in [1.165, 1.54) is 5.56 Å². The fraction of sp³-hybridized carbons (Fsp3) is 0.238. The number of hydrogen-bond donors (Lipinski definition) is 1. The quantitative estimate of drug-likeness (QED) is 0.495. The predicted octanol–water partition coefficient (Wildman–Crippen LogP) is 4.87. The summed E-state index contributed by atoms with van der Waals surface area (Å²) >= 11 is 0. The molecule has 2 heterocycles. The fourth-order valence-electron chi connectivity index (χ4n) is 2.82. The number of aromatic nitrogens is 4. The molecule has 2 aromatic carbocycles. The van der Waals surface area contributed by atoms with Gasteiger partial charge in [0.25, 0.3) is 5.89 Å². The SMILES string of the molecule is CCCCNc1nc(-c2nnc(-c3ccc(C)cc3)o2)nc2ccccc12. The zero-order valence-corrected chi connectivity index (χ0v) is 15.4. The first-order valence-electron chi connectivity index (χ1n) is 9.16. The summed E-state index contributed by atoms with van der Waals surface area (Å²) in [5, 5.41) is 12.7. The van der Waals surface area contributed by atoms with Crippen molar-refractivity contribution in [3.05, 3.63) is 54.1 Å². The summed E-state index contributed by atoms with van der Waals surface area (Å²) in [5.41, 5.74) is 2.90. The van der Waals surface area contributed by atoms with E-state index >= 15 is 0 Å². The Morgan fingerprint density at radius 3 is 2.52 bits per heavy atom.